The van der Waals surface area contributed by atoms with Gasteiger partial charge in [0.25, 0.3) is 0 Å². The van der Waals surface area contributed by atoms with E-state index in [0.717, 1.165) is 0 Å². The van der Waals surface area contributed by atoms with Gasteiger partial charge in [-0.3, -0.25) is 9.59 Å². The average Bonchev–Trinajstić information content (AvgIpc) is 3.03. The second-order valence-corrected chi connectivity index (χ2v) is 6.00. The number of carbonyl (C=O) groups excluding carboxylic acids is 2. The van der Waals surface area contributed by atoms with E-state index >= 15 is 0 Å². The van der Waals surface area contributed by atoms with Crippen molar-refractivity contribution in [3.63, 3.8) is 0 Å². The van der Waals surface area contributed by atoms with Crippen molar-refractivity contribution in [1.29, 1.82) is 1.43 Å². The van der Waals surface area contributed by atoms with Gasteiger partial charge in [-0.05, 0) is 62.5 Å². The molecule has 30 heavy (non-hydrogen) atoms. The summed E-state index contributed by atoms with van der Waals surface area (Å²) in [5.41, 5.74) is -7.26. The molecule has 5 nitrogen and oxygen atoms in total. The number of hydrogen-bond donors (Lipinski definition) is 1. The van der Waals surface area contributed by atoms with Gasteiger partial charge in [0.1, 0.15) is 12.2 Å². The lowest BCUT2D eigenvalue weighted by Crippen LogP contribution is -2.43. The number of ether oxygens (including phenoxy) is 2. The van der Waals surface area contributed by atoms with E-state index in [9.17, 15) is 15.1 Å². The molecule has 1 aliphatic heterocycles. The van der Waals surface area contributed by atoms with Crippen LogP contribution in [0.1, 0.15) is 118 Å². The standard InChI is InChI=1S/C25H38O5/c1-6-25(4,5)24(28)30-21-12-15(2)11-17-8-7-16(3)20(23(17)21)10-9-19-13-18(26)14-22(27)29-19/h7-8,11,15-16,18-21,23,26H,6,9-10,12-14H2,1-5H3/t15-,16-,18+,19?,20-,21?,23-/m0/s1/i1D3,2D3,3D3,4D3,5D3,6D2,7D,8D,9D2,10D2,11D,12D2,13D2,14D2,15D,16D,23D,26D. The summed E-state index contributed by atoms with van der Waals surface area (Å²) in [5.74, 6) is -23.5. The minimum atomic E-state index is -5.17. The molecule has 1 heterocycles. The van der Waals surface area contributed by atoms with E-state index in [-0.39, 0.29) is 0 Å². The Bertz CT molecular complexity index is 1950. The lowest BCUT2D eigenvalue weighted by molar-refractivity contribution is -0.166. The summed E-state index contributed by atoms with van der Waals surface area (Å²) in [4.78, 5) is 27.4. The fraction of sp³-hybridized carbons (Fsp3) is 0.760. The average molecular weight is 453 g/mol. The van der Waals surface area contributed by atoms with Crippen molar-refractivity contribution in [3.8, 4) is 0 Å². The summed E-state index contributed by atoms with van der Waals surface area (Å²) >= 11 is 0. The predicted octanol–water partition coefficient (Wildman–Crippen LogP) is 4.59. The smallest absolute Gasteiger partial charge is 0.311 e. The first-order chi connectivity index (χ1) is 27.7. The highest BCUT2D eigenvalue weighted by Crippen LogP contribution is 2.45. The van der Waals surface area contributed by atoms with E-state index in [1.54, 1.807) is 0 Å². The maximum Gasteiger partial charge on any atom is 0.311 e. The largest absolute Gasteiger partial charge is 0.462 e. The van der Waals surface area contributed by atoms with Crippen LogP contribution in [0, 0.1) is 29.0 Å². The van der Waals surface area contributed by atoms with Gasteiger partial charge in [-0.1, -0.05) is 38.7 Å². The number of rotatable bonds is 7. The van der Waals surface area contributed by atoms with E-state index in [0.29, 0.717) is 0 Å². The molecule has 3 rings (SSSR count). The highest BCUT2D eigenvalue weighted by molar-refractivity contribution is 5.76. The number of cyclic esters (lactones) is 1. The fourth-order valence-corrected chi connectivity index (χ4v) is 2.51. The molecule has 2 aliphatic carbocycles. The minimum absolute atomic E-state index is 2.05. The summed E-state index contributed by atoms with van der Waals surface area (Å²) in [6.07, 6.45) is -38.0. The Morgan fingerprint density at radius 1 is 1.50 bits per heavy atom. The molecule has 7 atom stereocenters. The predicted molar refractivity (Wildman–Crippen MR) is 115 cm³/mol. The van der Waals surface area contributed by atoms with Crippen molar-refractivity contribution in [2.75, 3.05) is 0 Å². The van der Waals surface area contributed by atoms with Crippen LogP contribution in [0.3, 0.4) is 0 Å². The van der Waals surface area contributed by atoms with Crippen molar-refractivity contribution < 1.29 is 69.4 Å². The Kier molecular flexibility index (Phi) is 1.58. The zero-order chi connectivity index (χ0) is 51.4. The highest BCUT2D eigenvalue weighted by atomic mass is 16.6. The van der Waals surface area contributed by atoms with Crippen LogP contribution in [-0.4, -0.2) is 36.8 Å². The van der Waals surface area contributed by atoms with Gasteiger partial charge in [0, 0.05) is 53.4 Å². The summed E-state index contributed by atoms with van der Waals surface area (Å²) in [5, 5.41) is 4.01. The molecular weight excluding hydrogens is 380 g/mol. The monoisotopic (exact) mass is 452 g/mol. The van der Waals surface area contributed by atoms with Gasteiger partial charge >= 0.3 is 11.9 Å². The van der Waals surface area contributed by atoms with Gasteiger partial charge in [-0.15, -0.1) is 0 Å². The van der Waals surface area contributed by atoms with Gasteiger partial charge in [0.2, 0.25) is 1.43 Å². The Labute approximate surface area is 228 Å². The highest BCUT2D eigenvalue weighted by Gasteiger charge is 2.43. The van der Waals surface area contributed by atoms with Gasteiger partial charge in [0.05, 0.1) is 22.0 Å². The maximum atomic E-state index is 14.6. The molecule has 0 aromatic carbocycles. The van der Waals surface area contributed by atoms with Gasteiger partial charge < -0.3 is 14.6 Å². The topological polar surface area (TPSA) is 72.8 Å². The molecular formula is C25H38O5. The molecule has 0 bridgehead atoms. The minimum Gasteiger partial charge on any atom is -0.462 e. The number of esters is 2. The zero-order valence-electron chi connectivity index (χ0n) is 48.9. The SMILES string of the molecule is [2H]O[C@H]1C([2H])([2H])C(=O)OC(C([2H])([2H])C([2H])([2H])[C@H]2[C@@]([2H])(C([2H])([2H])[2H])C([2H])=C([2H])C3=C([2H])[C@]([2H])(C([2H])([2H])[2H])C([2H])([2H])C(OC(=O)C(C([2H])([2H])[2H])(C([2H])([2H])[2H])C([2H])([2H])C([2H])([2H])[2H])[C@@]32[2H])C1([2H])[2H]. The van der Waals surface area contributed by atoms with Crippen LogP contribution < -0.4 is 0 Å². The molecule has 0 spiro atoms. The maximum absolute atomic E-state index is 14.6. The first kappa shape index (κ1) is 5.13. The van der Waals surface area contributed by atoms with Gasteiger partial charge in [0.15, 0.2) is 0 Å². The quantitative estimate of drug-likeness (QED) is 0.572. The molecule has 0 saturated carbocycles. The number of aliphatic hydroxyl groups is 1. The molecule has 1 saturated heterocycles. The van der Waals surface area contributed by atoms with Gasteiger partial charge in [-0.25, -0.2) is 0 Å². The van der Waals surface area contributed by atoms with E-state index < -0.39 is 155 Å². The van der Waals surface area contributed by atoms with Gasteiger partial charge in [-0.2, -0.15) is 0 Å². The Morgan fingerprint density at radius 3 is 3.13 bits per heavy atom. The van der Waals surface area contributed by atoms with Crippen LogP contribution in [0.5, 0.6) is 0 Å². The second kappa shape index (κ2) is 9.25. The number of aliphatic hydroxyl groups excluding tert-OH is 1. The van der Waals surface area contributed by atoms with Crippen LogP contribution in [0.2, 0.25) is 0 Å². The molecule has 3 aliphatic rings. The summed E-state index contributed by atoms with van der Waals surface area (Å²) in [6.45, 7) is -23.1. The molecule has 1 fully saturated rings. The summed E-state index contributed by atoms with van der Waals surface area (Å²) in [7, 11) is 0. The molecule has 0 aromatic rings. The first-order valence-electron chi connectivity index (χ1n) is 25.0. The molecule has 5 heteroatoms. The van der Waals surface area contributed by atoms with Crippen molar-refractivity contribution in [1.82, 2.24) is 0 Å². The molecule has 2 unspecified atom stereocenters. The summed E-state index contributed by atoms with van der Waals surface area (Å²) in [6, 6.07) is -6.41. The third kappa shape index (κ3) is 5.16. The molecule has 0 amide bonds. The normalized spacial score (nSPS) is 70.1. The van der Waals surface area contributed by atoms with E-state index in [1.165, 1.54) is 0 Å². The van der Waals surface area contributed by atoms with Crippen LogP contribution in [0.15, 0.2) is 23.7 Å². The third-order valence-corrected chi connectivity index (χ3v) is 3.87. The molecule has 168 valence electrons. The van der Waals surface area contributed by atoms with Crippen LogP contribution in [0.4, 0.5) is 0 Å². The summed E-state index contributed by atoms with van der Waals surface area (Å²) < 4.78 is 295. The Morgan fingerprint density at radius 2 is 2.40 bits per heavy atom. The van der Waals surface area contributed by atoms with Crippen molar-refractivity contribution in [2.24, 2.45) is 29.0 Å². The second-order valence-electron chi connectivity index (χ2n) is 6.00. The van der Waals surface area contributed by atoms with Crippen molar-refractivity contribution >= 4 is 11.9 Å². The lowest BCUT2D eigenvalue weighted by Gasteiger charge is -2.44. The lowest BCUT2D eigenvalue weighted by atomic mass is 9.65. The van der Waals surface area contributed by atoms with E-state index in [2.05, 4.69) is 9.85 Å². The molecule has 1 N–H and O–H groups in total. The Balaban J connectivity index is 2.83. The number of allylic oxidation sites excluding steroid dienone is 3. The first-order valence-corrected chi connectivity index (χ1v) is 8.12. The van der Waals surface area contributed by atoms with E-state index in [1.807, 2.05) is 0 Å². The van der Waals surface area contributed by atoms with Crippen LogP contribution >= 0.6 is 0 Å². The number of carbonyl (C=O) groups is 2. The van der Waals surface area contributed by atoms with Crippen LogP contribution in [-0.2, 0) is 19.1 Å². The molecule has 0 aromatic heterocycles. The fourth-order valence-electron chi connectivity index (χ4n) is 2.51. The zero-order valence-corrected chi connectivity index (χ0v) is 14.9. The van der Waals surface area contributed by atoms with Crippen molar-refractivity contribution in [3.05, 3.63) is 23.7 Å². The Hall–Kier alpha value is -1.62. The molecule has 0 radical (unpaired) electrons. The van der Waals surface area contributed by atoms with Crippen molar-refractivity contribution in [2.45, 2.75) is 90.8 Å². The third-order valence-electron chi connectivity index (χ3n) is 3.87. The number of fused-ring (bicyclic) bond motifs is 1. The van der Waals surface area contributed by atoms with Crippen LogP contribution in [0.25, 0.3) is 0 Å². The van der Waals surface area contributed by atoms with E-state index in [4.69, 9.17) is 45.9 Å². The number of hydrogen-bond acceptors (Lipinski definition) is 5.